The van der Waals surface area contributed by atoms with Crippen molar-refractivity contribution in [3.8, 4) is 5.95 Å². The van der Waals surface area contributed by atoms with E-state index < -0.39 is 8.32 Å². The lowest BCUT2D eigenvalue weighted by atomic mass is 10.0. The van der Waals surface area contributed by atoms with Gasteiger partial charge in [0.2, 0.25) is 0 Å². The largest absolute Gasteiger partial charge is 0.518 e. The van der Waals surface area contributed by atoms with E-state index in [4.69, 9.17) is 8.84 Å². The average Bonchev–Trinajstić information content (AvgIpc) is 3.10. The van der Waals surface area contributed by atoms with Gasteiger partial charge in [0.15, 0.2) is 0 Å². The third kappa shape index (κ3) is 10.6. The molecule has 0 N–H and O–H groups in total. The van der Waals surface area contributed by atoms with E-state index >= 15 is 0 Å². The van der Waals surface area contributed by atoms with Gasteiger partial charge in [-0.15, -0.1) is 0 Å². The Labute approximate surface area is 208 Å². The smallest absolute Gasteiger partial charge is 0.274 e. The molecule has 0 saturated carbocycles. The lowest BCUT2D eigenvalue weighted by molar-refractivity contribution is 0.345. The van der Waals surface area contributed by atoms with E-state index in [2.05, 4.69) is 61.5 Å². The molecule has 0 unspecified atom stereocenters. The van der Waals surface area contributed by atoms with Crippen LogP contribution in [0.5, 0.6) is 5.95 Å². The van der Waals surface area contributed by atoms with Crippen molar-refractivity contribution in [2.45, 2.75) is 168 Å². The predicted molar refractivity (Wildman–Crippen MR) is 149 cm³/mol. The fourth-order valence-electron chi connectivity index (χ4n) is 5.83. The summed E-state index contributed by atoms with van der Waals surface area (Å²) >= 11 is 0. The molecular formula is C30H58O2Si. The van der Waals surface area contributed by atoms with Gasteiger partial charge < -0.3 is 8.84 Å². The maximum atomic E-state index is 6.88. The van der Waals surface area contributed by atoms with Gasteiger partial charge in [0.25, 0.3) is 14.3 Å². The number of hydrogen-bond donors (Lipinski definition) is 0. The molecule has 0 fully saturated rings. The molecule has 0 atom stereocenters. The number of rotatable bonds is 20. The first kappa shape index (κ1) is 30.3. The van der Waals surface area contributed by atoms with Gasteiger partial charge in [-0.3, -0.25) is 0 Å². The Hall–Kier alpha value is -0.703. The number of unbranched alkanes of at least 4 members (excludes halogenated alkanes) is 13. The second-order valence-corrected chi connectivity index (χ2v) is 16.8. The van der Waals surface area contributed by atoms with Gasteiger partial charge in [0, 0.05) is 5.56 Å². The van der Waals surface area contributed by atoms with Crippen LogP contribution in [0.1, 0.15) is 150 Å². The molecular weight excluding hydrogens is 420 g/mol. The van der Waals surface area contributed by atoms with Crippen LogP contribution in [-0.2, 0) is 6.42 Å². The van der Waals surface area contributed by atoms with E-state index in [1.807, 2.05) is 0 Å². The van der Waals surface area contributed by atoms with Crippen molar-refractivity contribution in [1.82, 2.24) is 0 Å². The predicted octanol–water partition coefficient (Wildman–Crippen LogP) is 11.2. The summed E-state index contributed by atoms with van der Waals surface area (Å²) in [5.74, 6) is 1.83. The van der Waals surface area contributed by atoms with Crippen molar-refractivity contribution >= 4 is 8.32 Å². The van der Waals surface area contributed by atoms with E-state index in [1.54, 1.807) is 0 Å². The van der Waals surface area contributed by atoms with E-state index in [0.717, 1.165) is 18.1 Å². The molecule has 1 heterocycles. The molecule has 0 aliphatic carbocycles. The molecule has 194 valence electrons. The summed E-state index contributed by atoms with van der Waals surface area (Å²) < 4.78 is 13.0. The van der Waals surface area contributed by atoms with Crippen LogP contribution in [-0.4, -0.2) is 8.32 Å². The molecule has 0 aromatic carbocycles. The van der Waals surface area contributed by atoms with E-state index in [0.29, 0.717) is 16.6 Å². The molecule has 33 heavy (non-hydrogen) atoms. The second-order valence-electron chi connectivity index (χ2n) is 11.4. The normalized spacial score (nSPS) is 12.5. The number of hydrogen-bond acceptors (Lipinski definition) is 2. The topological polar surface area (TPSA) is 22.4 Å². The minimum Gasteiger partial charge on any atom is -0.518 e. The zero-order valence-corrected chi connectivity index (χ0v) is 24.7. The first-order valence-corrected chi connectivity index (χ1v) is 16.7. The molecule has 0 aliphatic heterocycles. The summed E-state index contributed by atoms with van der Waals surface area (Å²) in [6.07, 6.45) is 20.7. The number of furan rings is 1. The standard InChI is InChI=1S/C30H58O2Si/c1-9-10-11-12-13-14-15-16-17-18-19-20-21-22-23-29-24-28(8)31-30(29)32-33(25(2)3,26(4)5)27(6)7/h24-27H,9-23H2,1-8H3. The van der Waals surface area contributed by atoms with Crippen LogP contribution in [0.4, 0.5) is 0 Å². The molecule has 0 aliphatic rings. The average molecular weight is 479 g/mol. The molecule has 2 nitrogen and oxygen atoms in total. The van der Waals surface area contributed by atoms with Crippen LogP contribution in [0.3, 0.4) is 0 Å². The quantitative estimate of drug-likeness (QED) is 0.137. The lowest BCUT2D eigenvalue weighted by Gasteiger charge is -2.41. The van der Waals surface area contributed by atoms with Crippen molar-refractivity contribution in [3.63, 3.8) is 0 Å². The molecule has 0 radical (unpaired) electrons. The first-order chi connectivity index (χ1) is 15.8. The molecule has 0 bridgehead atoms. The highest BCUT2D eigenvalue weighted by Crippen LogP contribution is 2.44. The molecule has 0 amide bonds. The Balaban J connectivity index is 2.31. The van der Waals surface area contributed by atoms with Gasteiger partial charge >= 0.3 is 0 Å². The summed E-state index contributed by atoms with van der Waals surface area (Å²) in [6.45, 7) is 18.4. The summed E-state index contributed by atoms with van der Waals surface area (Å²) in [5, 5.41) is 0. The van der Waals surface area contributed by atoms with Crippen LogP contribution >= 0.6 is 0 Å². The highest BCUT2D eigenvalue weighted by molar-refractivity contribution is 6.78. The van der Waals surface area contributed by atoms with Gasteiger partial charge in [-0.05, 0) is 42.5 Å². The Bertz CT molecular complexity index is 581. The fraction of sp³-hybridized carbons (Fsp3) is 0.867. The van der Waals surface area contributed by atoms with Crippen LogP contribution in [0.2, 0.25) is 16.6 Å². The minimum absolute atomic E-state index is 0.566. The van der Waals surface area contributed by atoms with Crippen LogP contribution in [0.15, 0.2) is 10.5 Å². The Morgan fingerprint density at radius 3 is 1.45 bits per heavy atom. The zero-order chi connectivity index (χ0) is 24.7. The molecule has 0 spiro atoms. The molecule has 1 aromatic rings. The van der Waals surface area contributed by atoms with Crippen LogP contribution in [0.25, 0.3) is 0 Å². The van der Waals surface area contributed by atoms with Gasteiger partial charge in [-0.2, -0.15) is 0 Å². The van der Waals surface area contributed by atoms with E-state index in [-0.39, 0.29) is 0 Å². The SMILES string of the molecule is CCCCCCCCCCCCCCCCc1cc(C)oc1O[Si](C(C)C)(C(C)C)C(C)C. The summed E-state index contributed by atoms with van der Waals surface area (Å²) in [4.78, 5) is 0. The Morgan fingerprint density at radius 2 is 1.06 bits per heavy atom. The Morgan fingerprint density at radius 1 is 0.667 bits per heavy atom. The Kier molecular flexibility index (Phi) is 15.5. The third-order valence-corrected chi connectivity index (χ3v) is 13.6. The summed E-state index contributed by atoms with van der Waals surface area (Å²) in [5.41, 5.74) is 3.00. The summed E-state index contributed by atoms with van der Waals surface area (Å²) in [6, 6.07) is 2.22. The minimum atomic E-state index is -1.97. The first-order valence-electron chi connectivity index (χ1n) is 14.5. The van der Waals surface area contributed by atoms with Crippen molar-refractivity contribution in [3.05, 3.63) is 17.4 Å². The lowest BCUT2D eigenvalue weighted by Crippen LogP contribution is -2.50. The van der Waals surface area contributed by atoms with E-state index in [9.17, 15) is 0 Å². The van der Waals surface area contributed by atoms with Gasteiger partial charge in [-0.1, -0.05) is 132 Å². The van der Waals surface area contributed by atoms with Crippen molar-refractivity contribution in [1.29, 1.82) is 0 Å². The molecule has 3 heteroatoms. The monoisotopic (exact) mass is 478 g/mol. The number of aryl methyl sites for hydroxylation is 2. The van der Waals surface area contributed by atoms with Crippen molar-refractivity contribution in [2.75, 3.05) is 0 Å². The van der Waals surface area contributed by atoms with Crippen molar-refractivity contribution in [2.24, 2.45) is 0 Å². The maximum absolute atomic E-state index is 6.88. The zero-order valence-electron chi connectivity index (χ0n) is 23.7. The van der Waals surface area contributed by atoms with Crippen LogP contribution in [0, 0.1) is 6.92 Å². The van der Waals surface area contributed by atoms with Gasteiger partial charge in [0.05, 0.1) is 0 Å². The van der Waals surface area contributed by atoms with Crippen LogP contribution < -0.4 is 4.43 Å². The molecule has 0 saturated heterocycles. The van der Waals surface area contributed by atoms with Crippen molar-refractivity contribution < 1.29 is 8.84 Å². The van der Waals surface area contributed by atoms with Gasteiger partial charge in [-0.25, -0.2) is 0 Å². The molecule has 1 aromatic heterocycles. The maximum Gasteiger partial charge on any atom is 0.274 e. The molecule has 1 rings (SSSR count). The van der Waals surface area contributed by atoms with Gasteiger partial charge in [0.1, 0.15) is 5.76 Å². The van der Waals surface area contributed by atoms with E-state index in [1.165, 1.54) is 95.5 Å². The summed E-state index contributed by atoms with van der Waals surface area (Å²) in [7, 11) is -1.97. The highest BCUT2D eigenvalue weighted by Gasteiger charge is 2.48. The highest BCUT2D eigenvalue weighted by atomic mass is 28.4. The second kappa shape index (κ2) is 16.8. The third-order valence-electron chi connectivity index (χ3n) is 7.67. The fourth-order valence-corrected chi connectivity index (χ4v) is 11.0.